The lowest BCUT2D eigenvalue weighted by Gasteiger charge is -2.04. The lowest BCUT2D eigenvalue weighted by Crippen LogP contribution is -2.23. The number of carbonyl (C=O) groups excluding carboxylic acids is 1. The van der Waals surface area contributed by atoms with E-state index in [1.54, 1.807) is 16.8 Å². The number of hydrogen-bond donors (Lipinski definition) is 2. The first-order valence-corrected chi connectivity index (χ1v) is 7.92. The fourth-order valence-corrected chi connectivity index (χ4v) is 2.85. The third-order valence-electron chi connectivity index (χ3n) is 3.93. The van der Waals surface area contributed by atoms with Crippen LogP contribution < -0.4 is 5.32 Å². The van der Waals surface area contributed by atoms with Crippen LogP contribution in [0.3, 0.4) is 0 Å². The van der Waals surface area contributed by atoms with Crippen molar-refractivity contribution in [1.29, 1.82) is 0 Å². The summed E-state index contributed by atoms with van der Waals surface area (Å²) in [5.41, 5.74) is 4.90. The zero-order chi connectivity index (χ0) is 17.3. The molecule has 7 heteroatoms. The number of amides is 1. The Hall–Kier alpha value is -2.60. The topological polar surface area (TPSA) is 75.6 Å². The highest BCUT2D eigenvalue weighted by Gasteiger charge is 2.17. The van der Waals surface area contributed by atoms with Crippen LogP contribution in [0.15, 0.2) is 30.3 Å². The van der Waals surface area contributed by atoms with Gasteiger partial charge in [-0.3, -0.25) is 14.6 Å². The van der Waals surface area contributed by atoms with Gasteiger partial charge in [-0.25, -0.2) is 0 Å². The van der Waals surface area contributed by atoms with Crippen LogP contribution in [0.2, 0.25) is 5.02 Å². The summed E-state index contributed by atoms with van der Waals surface area (Å²) in [5.74, 6) is -0.215. The van der Waals surface area contributed by atoms with Gasteiger partial charge in [0.15, 0.2) is 0 Å². The van der Waals surface area contributed by atoms with E-state index in [1.807, 2.05) is 39.1 Å². The molecule has 0 saturated carbocycles. The van der Waals surface area contributed by atoms with Crippen molar-refractivity contribution in [2.75, 3.05) is 0 Å². The Bertz CT molecular complexity index is 896. The first-order chi connectivity index (χ1) is 11.5. The maximum absolute atomic E-state index is 12.3. The second-order valence-corrected chi connectivity index (χ2v) is 6.09. The van der Waals surface area contributed by atoms with Crippen LogP contribution in [0, 0.1) is 13.8 Å². The normalized spacial score (nSPS) is 10.8. The van der Waals surface area contributed by atoms with E-state index < -0.39 is 0 Å². The maximum atomic E-state index is 12.3. The maximum Gasteiger partial charge on any atom is 0.269 e. The number of aromatic nitrogens is 4. The lowest BCUT2D eigenvalue weighted by atomic mass is 10.1. The van der Waals surface area contributed by atoms with Gasteiger partial charge in [0, 0.05) is 29.9 Å². The standard InChI is InChI=1S/C17H18ClN5O/c1-10-16(11(2)23(3)22-10)14-8-15(21-20-14)17(24)19-9-12-5-4-6-13(18)7-12/h4-8H,9H2,1-3H3,(H,19,24)(H,20,21). The van der Waals surface area contributed by atoms with Crippen LogP contribution in [0.1, 0.15) is 27.4 Å². The zero-order valence-corrected chi connectivity index (χ0v) is 14.5. The monoisotopic (exact) mass is 343 g/mol. The van der Waals surface area contributed by atoms with Gasteiger partial charge >= 0.3 is 0 Å². The number of nitrogens with one attached hydrogen (secondary N) is 2. The van der Waals surface area contributed by atoms with E-state index in [9.17, 15) is 4.79 Å². The first kappa shape index (κ1) is 16.3. The molecule has 6 nitrogen and oxygen atoms in total. The van der Waals surface area contributed by atoms with Crippen molar-refractivity contribution in [3.63, 3.8) is 0 Å². The molecule has 0 bridgehead atoms. The molecule has 3 aromatic rings. The van der Waals surface area contributed by atoms with Gasteiger partial charge in [-0.15, -0.1) is 0 Å². The molecule has 0 saturated heterocycles. The predicted octanol–water partition coefficient (Wildman–Crippen LogP) is 3.01. The summed E-state index contributed by atoms with van der Waals surface area (Å²) in [6, 6.07) is 9.12. The van der Waals surface area contributed by atoms with Crippen molar-refractivity contribution in [3.05, 3.63) is 58.0 Å². The molecule has 1 amide bonds. The molecule has 0 aliphatic carbocycles. The Labute approximate surface area is 144 Å². The Balaban J connectivity index is 1.74. The number of carbonyl (C=O) groups is 1. The van der Waals surface area contributed by atoms with Gasteiger partial charge in [-0.2, -0.15) is 10.2 Å². The lowest BCUT2D eigenvalue weighted by molar-refractivity contribution is 0.0946. The number of nitrogens with zero attached hydrogens (tertiary/aromatic N) is 3. The Morgan fingerprint density at radius 2 is 2.12 bits per heavy atom. The van der Waals surface area contributed by atoms with E-state index in [2.05, 4.69) is 20.6 Å². The minimum absolute atomic E-state index is 0.215. The number of aromatic amines is 1. The average Bonchev–Trinajstić information content (AvgIpc) is 3.10. The Kier molecular flexibility index (Phi) is 4.40. The molecule has 124 valence electrons. The van der Waals surface area contributed by atoms with Gasteiger partial charge in [0.2, 0.25) is 0 Å². The van der Waals surface area contributed by atoms with Crippen LogP contribution in [0.4, 0.5) is 0 Å². The molecule has 0 radical (unpaired) electrons. The van der Waals surface area contributed by atoms with Crippen molar-refractivity contribution in [2.45, 2.75) is 20.4 Å². The summed E-state index contributed by atoms with van der Waals surface area (Å²) in [6.45, 7) is 4.30. The van der Waals surface area contributed by atoms with E-state index >= 15 is 0 Å². The van der Waals surface area contributed by atoms with Gasteiger partial charge < -0.3 is 5.32 Å². The van der Waals surface area contributed by atoms with Crippen molar-refractivity contribution in [1.82, 2.24) is 25.3 Å². The third kappa shape index (κ3) is 3.19. The molecular formula is C17H18ClN5O. The van der Waals surface area contributed by atoms with Crippen molar-refractivity contribution >= 4 is 17.5 Å². The molecule has 2 heterocycles. The van der Waals surface area contributed by atoms with Crippen LogP contribution >= 0.6 is 11.6 Å². The fourth-order valence-electron chi connectivity index (χ4n) is 2.63. The summed E-state index contributed by atoms with van der Waals surface area (Å²) < 4.78 is 1.80. The van der Waals surface area contributed by atoms with Gasteiger partial charge in [0.25, 0.3) is 5.91 Å². The molecule has 0 atom stereocenters. The number of benzene rings is 1. The van der Waals surface area contributed by atoms with Gasteiger partial charge in [0.05, 0.1) is 11.4 Å². The summed E-state index contributed by atoms with van der Waals surface area (Å²) in [4.78, 5) is 12.3. The largest absolute Gasteiger partial charge is 0.347 e. The van der Waals surface area contributed by atoms with Crippen LogP contribution in [-0.2, 0) is 13.6 Å². The van der Waals surface area contributed by atoms with Crippen LogP contribution in [-0.4, -0.2) is 25.9 Å². The highest BCUT2D eigenvalue weighted by molar-refractivity contribution is 6.30. The van der Waals surface area contributed by atoms with Crippen molar-refractivity contribution in [3.8, 4) is 11.3 Å². The first-order valence-electron chi connectivity index (χ1n) is 7.54. The Morgan fingerprint density at radius 1 is 1.33 bits per heavy atom. The van der Waals surface area contributed by atoms with Gasteiger partial charge in [0.1, 0.15) is 5.69 Å². The minimum atomic E-state index is -0.215. The molecule has 0 unspecified atom stereocenters. The summed E-state index contributed by atoms with van der Waals surface area (Å²) >= 11 is 5.94. The number of rotatable bonds is 4. The van der Waals surface area contributed by atoms with E-state index in [4.69, 9.17) is 11.6 Å². The van der Waals surface area contributed by atoms with Gasteiger partial charge in [-0.05, 0) is 37.6 Å². The Morgan fingerprint density at radius 3 is 2.79 bits per heavy atom. The molecule has 0 aliphatic rings. The quantitative estimate of drug-likeness (QED) is 0.764. The molecule has 0 spiro atoms. The van der Waals surface area contributed by atoms with Crippen LogP contribution in [0.5, 0.6) is 0 Å². The number of halogens is 1. The van der Waals surface area contributed by atoms with Crippen molar-refractivity contribution in [2.24, 2.45) is 7.05 Å². The predicted molar refractivity (Wildman–Crippen MR) is 92.9 cm³/mol. The molecule has 0 aliphatic heterocycles. The zero-order valence-electron chi connectivity index (χ0n) is 13.7. The second-order valence-electron chi connectivity index (χ2n) is 5.65. The van der Waals surface area contributed by atoms with E-state index in [-0.39, 0.29) is 5.91 Å². The van der Waals surface area contributed by atoms with E-state index in [0.29, 0.717) is 23.0 Å². The summed E-state index contributed by atoms with van der Waals surface area (Å²) in [7, 11) is 1.89. The van der Waals surface area contributed by atoms with E-state index in [1.165, 1.54) is 0 Å². The SMILES string of the molecule is Cc1nn(C)c(C)c1-c1cc(C(=O)NCc2cccc(Cl)c2)[nH]n1. The van der Waals surface area contributed by atoms with E-state index in [0.717, 1.165) is 22.5 Å². The molecule has 24 heavy (non-hydrogen) atoms. The molecule has 3 rings (SSSR count). The molecule has 2 N–H and O–H groups in total. The minimum Gasteiger partial charge on any atom is -0.347 e. The molecule has 0 fully saturated rings. The smallest absolute Gasteiger partial charge is 0.269 e. The van der Waals surface area contributed by atoms with Crippen molar-refractivity contribution < 1.29 is 4.79 Å². The molecule has 1 aromatic carbocycles. The molecular weight excluding hydrogens is 326 g/mol. The van der Waals surface area contributed by atoms with Crippen LogP contribution in [0.25, 0.3) is 11.3 Å². The number of aryl methyl sites for hydroxylation is 2. The third-order valence-corrected chi connectivity index (χ3v) is 4.16. The summed E-state index contributed by atoms with van der Waals surface area (Å²) in [5, 5.41) is 14.9. The van der Waals surface area contributed by atoms with Gasteiger partial charge in [-0.1, -0.05) is 23.7 Å². The fraction of sp³-hybridized carbons (Fsp3) is 0.235. The highest BCUT2D eigenvalue weighted by Crippen LogP contribution is 2.25. The second kappa shape index (κ2) is 6.49. The average molecular weight is 344 g/mol. The molecule has 2 aromatic heterocycles. The number of hydrogen-bond acceptors (Lipinski definition) is 3. The number of H-pyrrole nitrogens is 1. The summed E-state index contributed by atoms with van der Waals surface area (Å²) in [6.07, 6.45) is 0. The highest BCUT2D eigenvalue weighted by atomic mass is 35.5.